The molecule has 17 heavy (non-hydrogen) atoms. The second kappa shape index (κ2) is 5.81. The molecule has 0 amide bonds. The second-order valence-electron chi connectivity index (χ2n) is 4.56. The number of aryl methyl sites for hydroxylation is 1. The van der Waals surface area contributed by atoms with Crippen LogP contribution in [-0.4, -0.2) is 19.2 Å². The largest absolute Gasteiger partial charge is 0.375 e. The van der Waals surface area contributed by atoms with Crippen molar-refractivity contribution in [2.45, 2.75) is 32.4 Å². The fourth-order valence-corrected chi connectivity index (χ4v) is 2.14. The van der Waals surface area contributed by atoms with Crippen molar-refractivity contribution in [1.29, 1.82) is 5.26 Å². The highest BCUT2D eigenvalue weighted by Crippen LogP contribution is 2.13. The van der Waals surface area contributed by atoms with E-state index in [1.54, 1.807) is 0 Å². The van der Waals surface area contributed by atoms with E-state index in [9.17, 15) is 0 Å². The Morgan fingerprint density at radius 2 is 2.41 bits per heavy atom. The molecular formula is C14H18N2O. The van der Waals surface area contributed by atoms with E-state index in [0.717, 1.165) is 18.7 Å². The van der Waals surface area contributed by atoms with Gasteiger partial charge in [0.15, 0.2) is 0 Å². The zero-order valence-corrected chi connectivity index (χ0v) is 10.2. The van der Waals surface area contributed by atoms with Crippen molar-refractivity contribution < 1.29 is 4.74 Å². The summed E-state index contributed by atoms with van der Waals surface area (Å²) in [4.78, 5) is 0. The number of benzene rings is 1. The van der Waals surface area contributed by atoms with Crippen LogP contribution in [0, 0.1) is 18.3 Å². The Kier molecular flexibility index (Phi) is 4.13. The third kappa shape index (κ3) is 3.29. The standard InChI is InChI=1S/C14H18N2O/c1-11-7-12(8-15)4-5-13(11)9-17-10-14-3-2-6-16-14/h4-5,7,14,16H,2-3,6,9-10H2,1H3. The summed E-state index contributed by atoms with van der Waals surface area (Å²) in [7, 11) is 0. The van der Waals surface area contributed by atoms with Gasteiger partial charge in [-0.3, -0.25) is 0 Å². The summed E-state index contributed by atoms with van der Waals surface area (Å²) in [6.45, 7) is 4.55. The van der Waals surface area contributed by atoms with Crippen LogP contribution in [0.5, 0.6) is 0 Å². The number of nitriles is 1. The topological polar surface area (TPSA) is 45.0 Å². The number of nitrogens with zero attached hydrogens (tertiary/aromatic N) is 1. The minimum atomic E-state index is 0.522. The monoisotopic (exact) mass is 230 g/mol. The maximum atomic E-state index is 8.78. The third-order valence-electron chi connectivity index (χ3n) is 3.21. The molecule has 3 heteroatoms. The lowest BCUT2D eigenvalue weighted by Gasteiger charge is -2.12. The Hall–Kier alpha value is -1.37. The lowest BCUT2D eigenvalue weighted by Crippen LogP contribution is -2.26. The highest BCUT2D eigenvalue weighted by Gasteiger charge is 2.13. The van der Waals surface area contributed by atoms with E-state index >= 15 is 0 Å². The van der Waals surface area contributed by atoms with Crippen molar-refractivity contribution in [1.82, 2.24) is 5.32 Å². The molecule has 1 fully saturated rings. The van der Waals surface area contributed by atoms with Crippen LogP contribution < -0.4 is 5.32 Å². The molecule has 0 bridgehead atoms. The molecule has 0 aliphatic carbocycles. The molecule has 1 heterocycles. The van der Waals surface area contributed by atoms with Gasteiger partial charge in [0, 0.05) is 6.04 Å². The van der Waals surface area contributed by atoms with Crippen LogP contribution in [0.1, 0.15) is 29.5 Å². The molecule has 1 aliphatic rings. The molecule has 1 aromatic rings. The molecule has 90 valence electrons. The smallest absolute Gasteiger partial charge is 0.0991 e. The van der Waals surface area contributed by atoms with Crippen molar-refractivity contribution in [2.75, 3.05) is 13.2 Å². The van der Waals surface area contributed by atoms with Gasteiger partial charge in [-0.1, -0.05) is 6.07 Å². The summed E-state index contributed by atoms with van der Waals surface area (Å²) in [5.74, 6) is 0. The molecular weight excluding hydrogens is 212 g/mol. The van der Waals surface area contributed by atoms with Gasteiger partial charge in [-0.15, -0.1) is 0 Å². The van der Waals surface area contributed by atoms with Gasteiger partial charge in [-0.2, -0.15) is 5.26 Å². The van der Waals surface area contributed by atoms with E-state index in [0.29, 0.717) is 18.2 Å². The van der Waals surface area contributed by atoms with Gasteiger partial charge in [-0.25, -0.2) is 0 Å². The third-order valence-corrected chi connectivity index (χ3v) is 3.21. The van der Waals surface area contributed by atoms with Crippen molar-refractivity contribution in [3.8, 4) is 6.07 Å². The van der Waals surface area contributed by atoms with Crippen molar-refractivity contribution in [3.63, 3.8) is 0 Å². The lowest BCUT2D eigenvalue weighted by molar-refractivity contribution is 0.103. The summed E-state index contributed by atoms with van der Waals surface area (Å²) in [6.07, 6.45) is 2.47. The van der Waals surface area contributed by atoms with Crippen LogP contribution in [0.25, 0.3) is 0 Å². The van der Waals surface area contributed by atoms with Gasteiger partial charge in [0.2, 0.25) is 0 Å². The summed E-state index contributed by atoms with van der Waals surface area (Å²) < 4.78 is 5.71. The van der Waals surface area contributed by atoms with Crippen LogP contribution in [0.15, 0.2) is 18.2 Å². The van der Waals surface area contributed by atoms with E-state index in [1.807, 2.05) is 25.1 Å². The predicted molar refractivity (Wildman–Crippen MR) is 66.6 cm³/mol. The zero-order chi connectivity index (χ0) is 12.1. The van der Waals surface area contributed by atoms with E-state index in [4.69, 9.17) is 10.00 Å². The number of hydrogen-bond acceptors (Lipinski definition) is 3. The van der Waals surface area contributed by atoms with Crippen LogP contribution >= 0.6 is 0 Å². The maximum Gasteiger partial charge on any atom is 0.0991 e. The minimum absolute atomic E-state index is 0.522. The Morgan fingerprint density at radius 1 is 1.53 bits per heavy atom. The number of rotatable bonds is 4. The Labute approximate surface area is 102 Å². The summed E-state index contributed by atoms with van der Waals surface area (Å²) in [5, 5.41) is 12.2. The van der Waals surface area contributed by atoms with Gasteiger partial charge in [0.05, 0.1) is 24.8 Å². The second-order valence-corrected chi connectivity index (χ2v) is 4.56. The van der Waals surface area contributed by atoms with E-state index in [2.05, 4.69) is 11.4 Å². The molecule has 1 atom stereocenters. The molecule has 0 radical (unpaired) electrons. The van der Waals surface area contributed by atoms with Gasteiger partial charge in [0.25, 0.3) is 0 Å². The van der Waals surface area contributed by atoms with Crippen LogP contribution in [0.3, 0.4) is 0 Å². The summed E-state index contributed by atoms with van der Waals surface area (Å²) in [5.41, 5.74) is 3.01. The highest BCUT2D eigenvalue weighted by molar-refractivity contribution is 5.37. The first-order chi connectivity index (χ1) is 8.29. The molecule has 1 unspecified atom stereocenters. The van der Waals surface area contributed by atoms with E-state index < -0.39 is 0 Å². The molecule has 0 aromatic heterocycles. The molecule has 0 saturated carbocycles. The van der Waals surface area contributed by atoms with Crippen molar-refractivity contribution in [3.05, 3.63) is 34.9 Å². The van der Waals surface area contributed by atoms with Crippen LogP contribution in [-0.2, 0) is 11.3 Å². The fraction of sp³-hybridized carbons (Fsp3) is 0.500. The number of hydrogen-bond donors (Lipinski definition) is 1. The summed E-state index contributed by atoms with van der Waals surface area (Å²) in [6, 6.07) is 8.41. The average Bonchev–Trinajstić information content (AvgIpc) is 2.84. The fourth-order valence-electron chi connectivity index (χ4n) is 2.14. The van der Waals surface area contributed by atoms with Gasteiger partial charge in [-0.05, 0) is 49.6 Å². The van der Waals surface area contributed by atoms with Crippen LogP contribution in [0.4, 0.5) is 0 Å². The van der Waals surface area contributed by atoms with Gasteiger partial charge < -0.3 is 10.1 Å². The normalized spacial score (nSPS) is 19.2. The first-order valence-electron chi connectivity index (χ1n) is 6.10. The molecule has 0 spiro atoms. The lowest BCUT2D eigenvalue weighted by atomic mass is 10.1. The maximum absolute atomic E-state index is 8.78. The SMILES string of the molecule is Cc1cc(C#N)ccc1COCC1CCCN1. The van der Waals surface area contributed by atoms with Gasteiger partial charge in [0.1, 0.15) is 0 Å². The zero-order valence-electron chi connectivity index (χ0n) is 10.2. The van der Waals surface area contributed by atoms with Gasteiger partial charge >= 0.3 is 0 Å². The molecule has 1 saturated heterocycles. The first kappa shape index (κ1) is 12.1. The number of nitrogens with one attached hydrogen (secondary N) is 1. The predicted octanol–water partition coefficient (Wildman–Crippen LogP) is 2.14. The van der Waals surface area contributed by atoms with Crippen molar-refractivity contribution >= 4 is 0 Å². The summed E-state index contributed by atoms with van der Waals surface area (Å²) >= 11 is 0. The van der Waals surface area contributed by atoms with Crippen LogP contribution in [0.2, 0.25) is 0 Å². The first-order valence-corrected chi connectivity index (χ1v) is 6.10. The Balaban J connectivity index is 1.84. The Bertz CT molecular complexity index is 417. The number of ether oxygens (including phenoxy) is 1. The average molecular weight is 230 g/mol. The molecule has 1 aromatic carbocycles. The molecule has 1 aliphatic heterocycles. The molecule has 3 nitrogen and oxygen atoms in total. The minimum Gasteiger partial charge on any atom is -0.375 e. The molecule has 2 rings (SSSR count). The quantitative estimate of drug-likeness (QED) is 0.862. The van der Waals surface area contributed by atoms with E-state index in [-0.39, 0.29) is 0 Å². The Morgan fingerprint density at radius 3 is 3.06 bits per heavy atom. The van der Waals surface area contributed by atoms with E-state index in [1.165, 1.54) is 18.4 Å². The molecule has 1 N–H and O–H groups in total. The van der Waals surface area contributed by atoms with Crippen molar-refractivity contribution in [2.24, 2.45) is 0 Å². The highest BCUT2D eigenvalue weighted by atomic mass is 16.5.